The number of benzene rings is 1. The zero-order chi connectivity index (χ0) is 27.5. The van der Waals surface area contributed by atoms with Crippen LogP contribution in [0.2, 0.25) is 0 Å². The van der Waals surface area contributed by atoms with E-state index in [0.29, 0.717) is 24.4 Å². The third-order valence-corrected chi connectivity index (χ3v) is 6.60. The Kier molecular flexibility index (Phi) is 8.50. The molecule has 1 aromatic heterocycles. The largest absolute Gasteiger partial charge is 0.463 e. The van der Waals surface area contributed by atoms with Crippen LogP contribution in [0.25, 0.3) is 0 Å². The summed E-state index contributed by atoms with van der Waals surface area (Å²) >= 11 is 0. The van der Waals surface area contributed by atoms with E-state index in [0.717, 1.165) is 23.0 Å². The van der Waals surface area contributed by atoms with E-state index in [2.05, 4.69) is 10.2 Å². The Labute approximate surface area is 214 Å². The third-order valence-electron chi connectivity index (χ3n) is 6.60. The first kappa shape index (κ1) is 28.0. The highest BCUT2D eigenvalue weighted by molar-refractivity contribution is 6.00. The number of aromatic nitrogens is 2. The number of nitrogens with one attached hydrogen (secondary N) is 1. The summed E-state index contributed by atoms with van der Waals surface area (Å²) in [5, 5.41) is 7.15. The summed E-state index contributed by atoms with van der Waals surface area (Å²) in [6, 6.07) is 4.97. The Hall–Kier alpha value is -3.56. The molecule has 200 valence electrons. The Morgan fingerprint density at radius 2 is 1.51 bits per heavy atom. The number of carbonyl (C=O) groups excluding carboxylic acids is 2. The van der Waals surface area contributed by atoms with Gasteiger partial charge in [-0.25, -0.2) is 9.59 Å². The number of halogens is 3. The molecule has 0 aliphatic carbocycles. The van der Waals surface area contributed by atoms with Gasteiger partial charge in [-0.05, 0) is 65.2 Å². The molecule has 0 amide bonds. The average molecular weight is 520 g/mol. The van der Waals surface area contributed by atoms with Crippen molar-refractivity contribution in [2.24, 2.45) is 0 Å². The molecule has 0 radical (unpaired) electrons. The predicted octanol–water partition coefficient (Wildman–Crippen LogP) is 5.36. The zero-order valence-corrected chi connectivity index (χ0v) is 21.9. The Morgan fingerprint density at radius 1 is 0.973 bits per heavy atom. The highest BCUT2D eigenvalue weighted by atomic mass is 19.4. The van der Waals surface area contributed by atoms with Crippen molar-refractivity contribution in [3.05, 3.63) is 74.9 Å². The number of hydrogen-bond donors (Lipinski definition) is 1. The number of aryl methyl sites for hydroxylation is 2. The summed E-state index contributed by atoms with van der Waals surface area (Å²) in [7, 11) is 0. The lowest BCUT2D eigenvalue weighted by Crippen LogP contribution is -2.37. The van der Waals surface area contributed by atoms with Gasteiger partial charge >= 0.3 is 18.1 Å². The number of alkyl halides is 3. The molecule has 0 atom stereocenters. The Balaban J connectivity index is 2.26. The van der Waals surface area contributed by atoms with Crippen LogP contribution in [0.4, 0.5) is 13.2 Å². The standard InChI is InChI=1S/C27H32F3N3O4/c1-7-36-25(34)22-17(5)33(14-13-19-15(3)31-32-16(19)4)18(6)23(26(35)37-8-2)24(22)20-11-9-10-12-21(20)27(28,29)30/h9-12,24H,7-8,13-14H2,1-6H3,(H,31,32). The number of H-pyrrole nitrogens is 1. The van der Waals surface area contributed by atoms with Gasteiger partial charge in [0.1, 0.15) is 0 Å². The van der Waals surface area contributed by atoms with Crippen molar-refractivity contribution in [1.29, 1.82) is 0 Å². The van der Waals surface area contributed by atoms with Gasteiger partial charge in [0.25, 0.3) is 0 Å². The van der Waals surface area contributed by atoms with Gasteiger partial charge in [0.15, 0.2) is 0 Å². The van der Waals surface area contributed by atoms with Gasteiger partial charge in [-0.1, -0.05) is 18.2 Å². The number of allylic oxidation sites excluding steroid dienone is 2. The van der Waals surface area contributed by atoms with E-state index < -0.39 is 29.6 Å². The minimum Gasteiger partial charge on any atom is -0.463 e. The third kappa shape index (κ3) is 5.57. The molecule has 7 nitrogen and oxygen atoms in total. The summed E-state index contributed by atoms with van der Waals surface area (Å²) < 4.78 is 52.9. The van der Waals surface area contributed by atoms with Crippen LogP contribution in [0, 0.1) is 13.8 Å². The van der Waals surface area contributed by atoms with Crippen LogP contribution in [-0.4, -0.2) is 46.8 Å². The molecule has 0 bridgehead atoms. The van der Waals surface area contributed by atoms with Gasteiger partial charge < -0.3 is 14.4 Å². The van der Waals surface area contributed by atoms with E-state index in [1.165, 1.54) is 18.2 Å². The molecule has 0 saturated carbocycles. The van der Waals surface area contributed by atoms with Crippen LogP contribution in [0.15, 0.2) is 46.8 Å². The fourth-order valence-corrected chi connectivity index (χ4v) is 4.87. The second kappa shape index (κ2) is 11.2. The lowest BCUT2D eigenvalue weighted by molar-refractivity contribution is -0.142. The first-order chi connectivity index (χ1) is 17.4. The molecule has 1 N–H and O–H groups in total. The SMILES string of the molecule is CCOC(=O)C1=C(C)N(CCc2c(C)n[nH]c2C)C(C)=C(C(=O)OCC)C1c1ccccc1C(F)(F)F. The van der Waals surface area contributed by atoms with Gasteiger partial charge in [-0.3, -0.25) is 5.10 Å². The van der Waals surface area contributed by atoms with Crippen molar-refractivity contribution in [1.82, 2.24) is 15.1 Å². The lowest BCUT2D eigenvalue weighted by atomic mass is 9.77. The first-order valence-corrected chi connectivity index (χ1v) is 12.1. The summed E-state index contributed by atoms with van der Waals surface area (Å²) in [5.41, 5.74) is 2.37. The van der Waals surface area contributed by atoms with Gasteiger partial charge in [-0.15, -0.1) is 0 Å². The number of hydrogen-bond acceptors (Lipinski definition) is 6. The van der Waals surface area contributed by atoms with Crippen molar-refractivity contribution in [2.75, 3.05) is 19.8 Å². The maximum atomic E-state index is 14.1. The molecule has 1 aliphatic heterocycles. The number of esters is 2. The maximum Gasteiger partial charge on any atom is 0.416 e. The van der Waals surface area contributed by atoms with Gasteiger partial charge in [0.05, 0.1) is 41.5 Å². The second-order valence-electron chi connectivity index (χ2n) is 8.77. The number of carbonyl (C=O) groups is 2. The molecule has 0 spiro atoms. The highest BCUT2D eigenvalue weighted by Gasteiger charge is 2.44. The van der Waals surface area contributed by atoms with Crippen LogP contribution in [0.3, 0.4) is 0 Å². The van der Waals surface area contributed by atoms with Crippen molar-refractivity contribution in [3.63, 3.8) is 0 Å². The van der Waals surface area contributed by atoms with Crippen molar-refractivity contribution < 1.29 is 32.2 Å². The molecule has 0 unspecified atom stereocenters. The van der Waals surface area contributed by atoms with Crippen LogP contribution in [0.1, 0.15) is 61.7 Å². The van der Waals surface area contributed by atoms with E-state index in [1.807, 2.05) is 13.8 Å². The van der Waals surface area contributed by atoms with E-state index in [9.17, 15) is 22.8 Å². The number of rotatable bonds is 8. The van der Waals surface area contributed by atoms with Crippen molar-refractivity contribution in [2.45, 2.75) is 60.1 Å². The average Bonchev–Trinajstić information content (AvgIpc) is 3.15. The topological polar surface area (TPSA) is 84.5 Å². The molecular formula is C27H32F3N3O4. The highest BCUT2D eigenvalue weighted by Crippen LogP contribution is 2.46. The molecule has 10 heteroatoms. The predicted molar refractivity (Wildman–Crippen MR) is 131 cm³/mol. The van der Waals surface area contributed by atoms with Crippen molar-refractivity contribution >= 4 is 11.9 Å². The normalized spacial score (nSPS) is 14.9. The van der Waals surface area contributed by atoms with Crippen LogP contribution < -0.4 is 0 Å². The minimum atomic E-state index is -4.70. The summed E-state index contributed by atoms with van der Waals surface area (Å²) in [5.74, 6) is -2.88. The number of ether oxygens (including phenoxy) is 2. The van der Waals surface area contributed by atoms with E-state index in [4.69, 9.17) is 9.47 Å². The molecule has 2 aromatic rings. The Morgan fingerprint density at radius 3 is 1.97 bits per heavy atom. The molecule has 0 saturated heterocycles. The van der Waals surface area contributed by atoms with E-state index in [1.54, 1.807) is 32.6 Å². The van der Waals surface area contributed by atoms with Gasteiger partial charge in [0.2, 0.25) is 0 Å². The lowest BCUT2D eigenvalue weighted by Gasteiger charge is -2.38. The molecular weight excluding hydrogens is 487 g/mol. The van der Waals surface area contributed by atoms with Gasteiger partial charge in [0, 0.05) is 23.6 Å². The summed E-state index contributed by atoms with van der Waals surface area (Å²) in [6.07, 6.45) is -4.18. The van der Waals surface area contributed by atoms with Crippen LogP contribution >= 0.6 is 0 Å². The summed E-state index contributed by atoms with van der Waals surface area (Å²) in [6.45, 7) is 10.7. The number of aromatic amines is 1. The molecule has 1 aromatic carbocycles. The molecule has 2 heterocycles. The van der Waals surface area contributed by atoms with Gasteiger partial charge in [-0.2, -0.15) is 18.3 Å². The Bertz CT molecular complexity index is 1180. The molecule has 0 fully saturated rings. The first-order valence-electron chi connectivity index (χ1n) is 12.1. The zero-order valence-electron chi connectivity index (χ0n) is 21.9. The monoisotopic (exact) mass is 519 g/mol. The smallest absolute Gasteiger partial charge is 0.416 e. The van der Waals surface area contributed by atoms with Crippen molar-refractivity contribution in [3.8, 4) is 0 Å². The van der Waals surface area contributed by atoms with E-state index in [-0.39, 0.29) is 29.9 Å². The van der Waals surface area contributed by atoms with Crippen LogP contribution in [-0.2, 0) is 31.7 Å². The summed E-state index contributed by atoms with van der Waals surface area (Å²) in [4.78, 5) is 28.4. The maximum absolute atomic E-state index is 14.1. The minimum absolute atomic E-state index is 0.0205. The molecule has 37 heavy (non-hydrogen) atoms. The van der Waals surface area contributed by atoms with E-state index >= 15 is 0 Å². The fourth-order valence-electron chi connectivity index (χ4n) is 4.87. The van der Waals surface area contributed by atoms with Crippen LogP contribution in [0.5, 0.6) is 0 Å². The second-order valence-corrected chi connectivity index (χ2v) is 8.77. The molecule has 3 rings (SSSR count). The quantitative estimate of drug-likeness (QED) is 0.473. The fraction of sp³-hybridized carbons (Fsp3) is 0.444. The molecule has 1 aliphatic rings. The number of nitrogens with zero attached hydrogens (tertiary/aromatic N) is 2.